The molecule has 0 aliphatic heterocycles. The van der Waals surface area contributed by atoms with Gasteiger partial charge in [0.1, 0.15) is 0 Å². The number of aromatic carboxylic acids is 1. The molecular formula is C18H17NO2. The maximum atomic E-state index is 11.5. The third-order valence-electron chi connectivity index (χ3n) is 3.20. The number of benzene rings is 2. The van der Waals surface area contributed by atoms with Crippen molar-refractivity contribution in [1.82, 2.24) is 4.90 Å². The second-order valence-corrected chi connectivity index (χ2v) is 5.11. The van der Waals surface area contributed by atoms with Crippen LogP contribution < -0.4 is 0 Å². The molecule has 0 saturated carbocycles. The van der Waals surface area contributed by atoms with E-state index in [2.05, 4.69) is 10.8 Å². The first-order valence-electron chi connectivity index (χ1n) is 6.60. The van der Waals surface area contributed by atoms with Gasteiger partial charge in [0.2, 0.25) is 0 Å². The molecule has 0 spiro atoms. The number of carbonyl (C=O) groups is 1. The van der Waals surface area contributed by atoms with Gasteiger partial charge in [-0.25, -0.2) is 4.79 Å². The fourth-order valence-corrected chi connectivity index (χ4v) is 2.30. The Morgan fingerprint density at radius 3 is 2.38 bits per heavy atom. The minimum atomic E-state index is -1.00. The van der Waals surface area contributed by atoms with E-state index in [1.165, 1.54) is 5.56 Å². The lowest BCUT2D eigenvalue weighted by molar-refractivity contribution is 0.0697. The Balaban J connectivity index is 2.47. The summed E-state index contributed by atoms with van der Waals surface area (Å²) >= 11 is 0. The maximum Gasteiger partial charge on any atom is 0.337 e. The van der Waals surface area contributed by atoms with Crippen LogP contribution in [0.4, 0.5) is 0 Å². The molecule has 0 aromatic heterocycles. The van der Waals surface area contributed by atoms with Gasteiger partial charge in [-0.1, -0.05) is 42.3 Å². The number of hydrogen-bond acceptors (Lipinski definition) is 2. The van der Waals surface area contributed by atoms with Crippen LogP contribution in [0.1, 0.15) is 21.5 Å². The normalized spacial score (nSPS) is 10.4. The van der Waals surface area contributed by atoms with Gasteiger partial charge in [-0.15, -0.1) is 6.42 Å². The highest BCUT2D eigenvalue weighted by molar-refractivity contribution is 5.98. The van der Waals surface area contributed by atoms with Gasteiger partial charge in [0.05, 0.1) is 5.56 Å². The van der Waals surface area contributed by atoms with E-state index in [1.807, 2.05) is 38.4 Å². The van der Waals surface area contributed by atoms with Gasteiger partial charge in [-0.2, -0.15) is 0 Å². The van der Waals surface area contributed by atoms with E-state index in [-0.39, 0.29) is 5.56 Å². The molecule has 106 valence electrons. The van der Waals surface area contributed by atoms with Crippen LogP contribution >= 0.6 is 0 Å². The predicted octanol–water partition coefficient (Wildman–Crippen LogP) is 3.09. The van der Waals surface area contributed by atoms with Crippen molar-refractivity contribution in [2.75, 3.05) is 14.1 Å². The molecule has 2 aromatic carbocycles. The molecular weight excluding hydrogens is 262 g/mol. The number of hydrogen-bond donors (Lipinski definition) is 1. The van der Waals surface area contributed by atoms with Gasteiger partial charge >= 0.3 is 5.97 Å². The summed E-state index contributed by atoms with van der Waals surface area (Å²) in [6.07, 6.45) is 5.40. The Morgan fingerprint density at radius 2 is 1.86 bits per heavy atom. The van der Waals surface area contributed by atoms with E-state index in [0.29, 0.717) is 11.1 Å². The Labute approximate surface area is 124 Å². The van der Waals surface area contributed by atoms with Crippen LogP contribution in [-0.4, -0.2) is 30.1 Å². The fraction of sp³-hybridized carbons (Fsp3) is 0.167. The number of terminal acetylenes is 1. The van der Waals surface area contributed by atoms with Crippen LogP contribution in [0.5, 0.6) is 0 Å². The Hall–Kier alpha value is -2.57. The smallest absolute Gasteiger partial charge is 0.337 e. The molecule has 2 rings (SSSR count). The van der Waals surface area contributed by atoms with Crippen LogP contribution in [-0.2, 0) is 6.54 Å². The van der Waals surface area contributed by atoms with Gasteiger partial charge in [0.25, 0.3) is 0 Å². The molecule has 0 fully saturated rings. The number of rotatable bonds is 4. The summed E-state index contributed by atoms with van der Waals surface area (Å²) in [5.74, 6) is 1.43. The zero-order valence-electron chi connectivity index (χ0n) is 12.1. The molecule has 3 heteroatoms. The molecule has 0 amide bonds. The van der Waals surface area contributed by atoms with Gasteiger partial charge < -0.3 is 10.0 Å². The minimum Gasteiger partial charge on any atom is -0.478 e. The van der Waals surface area contributed by atoms with Crippen molar-refractivity contribution in [3.8, 4) is 23.5 Å². The molecule has 0 saturated heterocycles. The molecule has 0 unspecified atom stereocenters. The molecule has 0 bridgehead atoms. The van der Waals surface area contributed by atoms with E-state index >= 15 is 0 Å². The third kappa shape index (κ3) is 3.31. The van der Waals surface area contributed by atoms with E-state index in [0.717, 1.165) is 12.1 Å². The fourth-order valence-electron chi connectivity index (χ4n) is 2.30. The predicted molar refractivity (Wildman–Crippen MR) is 84.2 cm³/mol. The number of nitrogens with zero attached hydrogens (tertiary/aromatic N) is 1. The summed E-state index contributed by atoms with van der Waals surface area (Å²) in [4.78, 5) is 13.6. The van der Waals surface area contributed by atoms with Crippen LogP contribution in [0.15, 0.2) is 42.5 Å². The van der Waals surface area contributed by atoms with Gasteiger partial charge in [-0.3, -0.25) is 0 Å². The average Bonchev–Trinajstić information content (AvgIpc) is 2.46. The van der Waals surface area contributed by atoms with Crippen LogP contribution in [0, 0.1) is 12.3 Å². The highest BCUT2D eigenvalue weighted by Gasteiger charge is 2.15. The molecule has 21 heavy (non-hydrogen) atoms. The first kappa shape index (κ1) is 14.8. The highest BCUT2D eigenvalue weighted by Crippen LogP contribution is 2.26. The van der Waals surface area contributed by atoms with Gasteiger partial charge in [0.15, 0.2) is 0 Å². The summed E-state index contributed by atoms with van der Waals surface area (Å²) < 4.78 is 0. The van der Waals surface area contributed by atoms with E-state index in [9.17, 15) is 9.90 Å². The quantitative estimate of drug-likeness (QED) is 0.874. The molecule has 3 nitrogen and oxygen atoms in total. The minimum absolute atomic E-state index is 0.181. The summed E-state index contributed by atoms with van der Waals surface area (Å²) in [6, 6.07) is 13.1. The van der Waals surface area contributed by atoms with Crippen molar-refractivity contribution in [3.63, 3.8) is 0 Å². The Kier molecular flexibility index (Phi) is 4.42. The van der Waals surface area contributed by atoms with Crippen LogP contribution in [0.3, 0.4) is 0 Å². The summed E-state index contributed by atoms with van der Waals surface area (Å²) in [7, 11) is 4.01. The van der Waals surface area contributed by atoms with Crippen LogP contribution in [0.2, 0.25) is 0 Å². The SMILES string of the molecule is C#Cc1cccc(-c2ccc(CN(C)C)cc2)c1C(=O)O. The summed E-state index contributed by atoms with van der Waals surface area (Å²) in [5, 5.41) is 9.41. The summed E-state index contributed by atoms with van der Waals surface area (Å²) in [6.45, 7) is 0.844. The van der Waals surface area contributed by atoms with Gasteiger partial charge in [-0.05, 0) is 36.9 Å². The lowest BCUT2D eigenvalue weighted by Gasteiger charge is -2.12. The molecule has 0 radical (unpaired) electrons. The Morgan fingerprint density at radius 1 is 1.19 bits per heavy atom. The Bertz CT molecular complexity index is 694. The molecule has 0 aliphatic rings. The van der Waals surface area contributed by atoms with E-state index < -0.39 is 5.97 Å². The molecule has 0 aliphatic carbocycles. The maximum absolute atomic E-state index is 11.5. The van der Waals surface area contributed by atoms with Crippen molar-refractivity contribution < 1.29 is 9.90 Å². The zero-order chi connectivity index (χ0) is 15.4. The van der Waals surface area contributed by atoms with Crippen molar-refractivity contribution in [3.05, 3.63) is 59.2 Å². The highest BCUT2D eigenvalue weighted by atomic mass is 16.4. The standard InChI is InChI=1S/C18H17NO2/c1-4-14-6-5-7-16(17(14)18(20)21)15-10-8-13(9-11-15)12-19(2)3/h1,5-11H,12H2,2-3H3,(H,20,21). The van der Waals surface area contributed by atoms with Crippen molar-refractivity contribution in [1.29, 1.82) is 0 Å². The second-order valence-electron chi connectivity index (χ2n) is 5.11. The first-order chi connectivity index (χ1) is 10.0. The van der Waals surface area contributed by atoms with Crippen LogP contribution in [0.25, 0.3) is 11.1 Å². The monoisotopic (exact) mass is 279 g/mol. The van der Waals surface area contributed by atoms with E-state index in [4.69, 9.17) is 6.42 Å². The second kappa shape index (κ2) is 6.25. The first-order valence-corrected chi connectivity index (χ1v) is 6.60. The topological polar surface area (TPSA) is 40.5 Å². The number of carboxylic acids is 1. The van der Waals surface area contributed by atoms with Crippen molar-refractivity contribution in [2.45, 2.75) is 6.54 Å². The van der Waals surface area contributed by atoms with E-state index in [1.54, 1.807) is 18.2 Å². The molecule has 2 aromatic rings. The molecule has 0 atom stereocenters. The lowest BCUT2D eigenvalue weighted by atomic mass is 9.95. The zero-order valence-corrected chi connectivity index (χ0v) is 12.1. The number of carboxylic acid groups (broad SMARTS) is 1. The third-order valence-corrected chi connectivity index (χ3v) is 3.20. The van der Waals surface area contributed by atoms with Crippen molar-refractivity contribution >= 4 is 5.97 Å². The lowest BCUT2D eigenvalue weighted by Crippen LogP contribution is -2.10. The van der Waals surface area contributed by atoms with Crippen molar-refractivity contribution in [2.24, 2.45) is 0 Å². The molecule has 0 heterocycles. The summed E-state index contributed by atoms with van der Waals surface area (Å²) in [5.41, 5.74) is 3.26. The molecule has 1 N–H and O–H groups in total. The van der Waals surface area contributed by atoms with Gasteiger partial charge in [0, 0.05) is 12.1 Å². The largest absolute Gasteiger partial charge is 0.478 e. The average molecular weight is 279 g/mol.